The van der Waals surface area contributed by atoms with E-state index in [0.717, 1.165) is 0 Å². The number of hydrogen-bond acceptors (Lipinski definition) is 7. The van der Waals surface area contributed by atoms with Crippen LogP contribution in [0.3, 0.4) is 0 Å². The van der Waals surface area contributed by atoms with E-state index in [1.54, 1.807) is 6.07 Å². The van der Waals surface area contributed by atoms with Crippen molar-refractivity contribution in [2.45, 2.75) is 33.0 Å². The maximum atomic E-state index is 9.76. The smallest absolute Gasteiger partial charge is 0.323 e. The molecule has 2 atom stereocenters. The first-order valence-corrected chi connectivity index (χ1v) is 6.03. The Morgan fingerprint density at radius 1 is 1.20 bits per heavy atom. The van der Waals surface area contributed by atoms with Gasteiger partial charge in [0.05, 0.1) is 26.4 Å². The van der Waals surface area contributed by atoms with Crippen molar-refractivity contribution < 1.29 is 19.3 Å². The van der Waals surface area contributed by atoms with Crippen molar-refractivity contribution in [2.75, 3.05) is 14.2 Å². The Balaban J connectivity index is 3.08. The molecule has 0 radical (unpaired) electrons. The highest BCUT2D eigenvalue weighted by atomic mass is 16.5. The second-order valence-corrected chi connectivity index (χ2v) is 5.21. The minimum absolute atomic E-state index is 0.0181. The lowest BCUT2D eigenvalue weighted by Gasteiger charge is -2.31. The van der Waals surface area contributed by atoms with E-state index in [9.17, 15) is 5.11 Å². The van der Waals surface area contributed by atoms with Gasteiger partial charge in [0.1, 0.15) is 6.10 Å². The van der Waals surface area contributed by atoms with Crippen molar-refractivity contribution in [1.82, 2.24) is 9.97 Å². The van der Waals surface area contributed by atoms with Gasteiger partial charge in [0, 0.05) is 5.41 Å². The number of aliphatic hydroxyl groups excluding tert-OH is 1. The largest absolute Gasteiger partial charge is 0.481 e. The molecule has 1 aromatic heterocycles. The molecular weight excluding hydrogens is 262 g/mol. The summed E-state index contributed by atoms with van der Waals surface area (Å²) in [6.07, 6.45) is -2.08. The zero-order valence-electron chi connectivity index (χ0n) is 12.2. The predicted molar refractivity (Wildman–Crippen MR) is 70.6 cm³/mol. The monoisotopic (exact) mass is 281 g/mol. The van der Waals surface area contributed by atoms with Crippen LogP contribution in [0.2, 0.25) is 0 Å². The standard InChI is InChI=1S/C13H19N3O4/c1-13(2,3)11(8(17)7-14)20-12-15-9(18-4)6-10(16-12)19-5/h6,8,11,17H,1-5H3. The van der Waals surface area contributed by atoms with Gasteiger partial charge in [0.15, 0.2) is 6.10 Å². The highest BCUT2D eigenvalue weighted by Gasteiger charge is 2.34. The molecule has 0 saturated carbocycles. The first-order valence-electron chi connectivity index (χ1n) is 6.03. The second-order valence-electron chi connectivity index (χ2n) is 5.21. The number of nitriles is 1. The van der Waals surface area contributed by atoms with Crippen LogP contribution in [0, 0.1) is 16.7 Å². The number of ether oxygens (including phenoxy) is 3. The van der Waals surface area contributed by atoms with Gasteiger partial charge in [-0.15, -0.1) is 0 Å². The Hall–Kier alpha value is -2.07. The zero-order valence-corrected chi connectivity index (χ0v) is 12.2. The lowest BCUT2D eigenvalue weighted by atomic mass is 9.86. The molecule has 1 rings (SSSR count). The number of aliphatic hydroxyl groups is 1. The fourth-order valence-corrected chi connectivity index (χ4v) is 1.54. The SMILES string of the molecule is COc1cc(OC)nc(OC(C(O)C#N)C(C)(C)C)n1. The molecule has 1 N–H and O–H groups in total. The molecule has 110 valence electrons. The van der Waals surface area contributed by atoms with Gasteiger partial charge >= 0.3 is 6.01 Å². The molecule has 0 saturated heterocycles. The molecular formula is C13H19N3O4. The summed E-state index contributed by atoms with van der Waals surface area (Å²) in [5.74, 6) is 0.539. The van der Waals surface area contributed by atoms with Gasteiger partial charge in [-0.1, -0.05) is 20.8 Å². The molecule has 1 heterocycles. The lowest BCUT2D eigenvalue weighted by Crippen LogP contribution is -2.42. The summed E-state index contributed by atoms with van der Waals surface area (Å²) in [5, 5.41) is 18.6. The average Bonchev–Trinajstić information content (AvgIpc) is 2.42. The van der Waals surface area contributed by atoms with E-state index in [1.165, 1.54) is 20.3 Å². The molecule has 0 aliphatic rings. The molecule has 7 heteroatoms. The van der Waals surface area contributed by atoms with Crippen LogP contribution in [-0.2, 0) is 0 Å². The quantitative estimate of drug-likeness (QED) is 0.809. The van der Waals surface area contributed by atoms with Gasteiger partial charge in [-0.25, -0.2) is 0 Å². The van der Waals surface area contributed by atoms with Crippen LogP contribution in [0.5, 0.6) is 17.8 Å². The van der Waals surface area contributed by atoms with E-state index in [0.29, 0.717) is 0 Å². The van der Waals surface area contributed by atoms with Crippen molar-refractivity contribution in [3.8, 4) is 23.8 Å². The molecule has 0 aliphatic carbocycles. The van der Waals surface area contributed by atoms with Crippen molar-refractivity contribution >= 4 is 0 Å². The summed E-state index contributed by atoms with van der Waals surface area (Å²) in [7, 11) is 2.91. The van der Waals surface area contributed by atoms with Crippen LogP contribution in [-0.4, -0.2) is 41.5 Å². The summed E-state index contributed by atoms with van der Waals surface area (Å²) < 4.78 is 15.6. The molecule has 0 amide bonds. The minimum Gasteiger partial charge on any atom is -0.481 e. The fourth-order valence-electron chi connectivity index (χ4n) is 1.54. The fraction of sp³-hybridized carbons (Fsp3) is 0.615. The highest BCUT2D eigenvalue weighted by molar-refractivity contribution is 5.23. The van der Waals surface area contributed by atoms with Crippen molar-refractivity contribution in [3.05, 3.63) is 6.07 Å². The zero-order chi connectivity index (χ0) is 15.3. The van der Waals surface area contributed by atoms with E-state index in [-0.39, 0.29) is 17.8 Å². The number of hydrogen-bond donors (Lipinski definition) is 1. The van der Waals surface area contributed by atoms with E-state index in [1.807, 2.05) is 20.8 Å². The molecule has 7 nitrogen and oxygen atoms in total. The van der Waals surface area contributed by atoms with Crippen molar-refractivity contribution in [2.24, 2.45) is 5.41 Å². The summed E-state index contributed by atoms with van der Waals surface area (Å²) in [6, 6.07) is 3.24. The Labute approximate surface area is 118 Å². The first-order chi connectivity index (χ1) is 9.31. The van der Waals surface area contributed by atoms with Crippen molar-refractivity contribution in [1.29, 1.82) is 5.26 Å². The molecule has 2 unspecified atom stereocenters. The number of rotatable bonds is 5. The van der Waals surface area contributed by atoms with E-state index in [4.69, 9.17) is 19.5 Å². The van der Waals surface area contributed by atoms with Crippen LogP contribution in [0.4, 0.5) is 0 Å². The van der Waals surface area contributed by atoms with E-state index < -0.39 is 17.6 Å². The number of nitrogens with zero attached hydrogens (tertiary/aromatic N) is 3. The maximum absolute atomic E-state index is 9.76. The summed E-state index contributed by atoms with van der Waals surface area (Å²) in [6.45, 7) is 5.53. The third-order valence-electron chi connectivity index (χ3n) is 2.58. The van der Waals surface area contributed by atoms with Crippen LogP contribution < -0.4 is 14.2 Å². The number of methoxy groups -OCH3 is 2. The Morgan fingerprint density at radius 3 is 2.05 bits per heavy atom. The van der Waals surface area contributed by atoms with Gasteiger partial charge in [0.25, 0.3) is 0 Å². The molecule has 0 aliphatic heterocycles. The van der Waals surface area contributed by atoms with Gasteiger partial charge in [0.2, 0.25) is 11.8 Å². The molecule has 0 aromatic carbocycles. The Morgan fingerprint density at radius 2 is 1.70 bits per heavy atom. The summed E-state index contributed by atoms with van der Waals surface area (Å²) in [5.41, 5.74) is -0.477. The van der Waals surface area contributed by atoms with Gasteiger partial charge < -0.3 is 19.3 Å². The molecule has 0 bridgehead atoms. The lowest BCUT2D eigenvalue weighted by molar-refractivity contribution is -0.00639. The third-order valence-corrected chi connectivity index (χ3v) is 2.58. The molecule has 20 heavy (non-hydrogen) atoms. The van der Waals surface area contributed by atoms with Crippen LogP contribution in [0.25, 0.3) is 0 Å². The molecule has 0 fully saturated rings. The Kier molecular flexibility index (Phi) is 5.11. The molecule has 0 spiro atoms. The maximum Gasteiger partial charge on any atom is 0.323 e. The first kappa shape index (κ1) is 16.0. The van der Waals surface area contributed by atoms with Crippen molar-refractivity contribution in [3.63, 3.8) is 0 Å². The van der Waals surface area contributed by atoms with Gasteiger partial charge in [-0.3, -0.25) is 0 Å². The highest BCUT2D eigenvalue weighted by Crippen LogP contribution is 2.27. The van der Waals surface area contributed by atoms with Crippen LogP contribution >= 0.6 is 0 Å². The van der Waals surface area contributed by atoms with E-state index >= 15 is 0 Å². The van der Waals surface area contributed by atoms with E-state index in [2.05, 4.69) is 9.97 Å². The Bertz CT molecular complexity index is 471. The average molecular weight is 281 g/mol. The topological polar surface area (TPSA) is 97.5 Å². The van der Waals surface area contributed by atoms with Gasteiger partial charge in [-0.05, 0) is 0 Å². The van der Waals surface area contributed by atoms with Crippen LogP contribution in [0.15, 0.2) is 6.07 Å². The summed E-state index contributed by atoms with van der Waals surface area (Å²) >= 11 is 0. The minimum atomic E-state index is -1.30. The third kappa shape index (κ3) is 3.96. The normalized spacial score (nSPS) is 14.1. The van der Waals surface area contributed by atoms with Gasteiger partial charge in [-0.2, -0.15) is 15.2 Å². The predicted octanol–water partition coefficient (Wildman–Crippen LogP) is 1.17. The summed E-state index contributed by atoms with van der Waals surface area (Å²) in [4.78, 5) is 8.03. The second kappa shape index (κ2) is 6.39. The number of aromatic nitrogens is 2. The van der Waals surface area contributed by atoms with Crippen LogP contribution in [0.1, 0.15) is 20.8 Å². The molecule has 1 aromatic rings.